The molecule has 3 heterocycles. The molecule has 2 aromatic heterocycles. The fraction of sp³-hybridized carbons (Fsp3) is 0.500. The van der Waals surface area contributed by atoms with Gasteiger partial charge in [0.2, 0.25) is 0 Å². The van der Waals surface area contributed by atoms with Crippen LogP contribution in [-0.4, -0.2) is 22.3 Å². The molecule has 0 N–H and O–H groups in total. The van der Waals surface area contributed by atoms with Crippen molar-refractivity contribution >= 4 is 11.3 Å². The van der Waals surface area contributed by atoms with Crippen molar-refractivity contribution in [2.45, 2.75) is 45.8 Å². The number of hydrogen-bond donors (Lipinski definition) is 0. The van der Waals surface area contributed by atoms with Gasteiger partial charge in [0.1, 0.15) is 5.01 Å². The Kier molecular flexibility index (Phi) is 4.09. The molecule has 4 nitrogen and oxygen atoms in total. The molecule has 0 bridgehead atoms. The normalized spacial score (nSPS) is 18.0. The van der Waals surface area contributed by atoms with E-state index in [1.807, 2.05) is 5.38 Å². The van der Waals surface area contributed by atoms with Gasteiger partial charge in [-0.25, -0.2) is 4.98 Å². The lowest BCUT2D eigenvalue weighted by Crippen LogP contribution is -2.16. The molecule has 2 aromatic rings. The molecule has 0 aliphatic carbocycles. The molecule has 1 saturated heterocycles. The van der Waals surface area contributed by atoms with Crippen LogP contribution in [0.25, 0.3) is 11.3 Å². The molecule has 0 amide bonds. The van der Waals surface area contributed by atoms with Gasteiger partial charge < -0.3 is 9.30 Å². The van der Waals surface area contributed by atoms with Crippen molar-refractivity contribution in [1.29, 1.82) is 5.26 Å². The van der Waals surface area contributed by atoms with Crippen molar-refractivity contribution < 1.29 is 4.74 Å². The van der Waals surface area contributed by atoms with Gasteiger partial charge >= 0.3 is 0 Å². The Bertz CT molecular complexity index is 674. The number of hydrogen-bond acceptors (Lipinski definition) is 4. The Morgan fingerprint density at radius 3 is 3.10 bits per heavy atom. The van der Waals surface area contributed by atoms with Crippen LogP contribution in [0.1, 0.15) is 29.2 Å². The Morgan fingerprint density at radius 2 is 2.38 bits per heavy atom. The van der Waals surface area contributed by atoms with E-state index in [4.69, 9.17) is 10.00 Å². The zero-order valence-electron chi connectivity index (χ0n) is 12.4. The minimum atomic E-state index is 0.340. The van der Waals surface area contributed by atoms with Crippen LogP contribution in [0.4, 0.5) is 0 Å². The Hall–Kier alpha value is -1.64. The fourth-order valence-electron chi connectivity index (χ4n) is 2.92. The maximum Gasteiger partial charge on any atom is 0.107 e. The molecule has 0 spiro atoms. The van der Waals surface area contributed by atoms with E-state index in [-0.39, 0.29) is 0 Å². The highest BCUT2D eigenvalue weighted by Gasteiger charge is 2.20. The molecule has 0 aromatic carbocycles. The molecule has 0 saturated carbocycles. The molecule has 5 heteroatoms. The molecular weight excluding hydrogens is 282 g/mol. The Labute approximate surface area is 129 Å². The van der Waals surface area contributed by atoms with Crippen LogP contribution in [-0.2, 0) is 17.7 Å². The summed E-state index contributed by atoms with van der Waals surface area (Å²) in [6.07, 6.45) is 3.04. The molecule has 1 aliphatic rings. The lowest BCUT2D eigenvalue weighted by atomic mass is 10.2. The van der Waals surface area contributed by atoms with E-state index >= 15 is 0 Å². The zero-order valence-corrected chi connectivity index (χ0v) is 13.2. The van der Waals surface area contributed by atoms with Crippen LogP contribution in [0.2, 0.25) is 0 Å². The highest BCUT2D eigenvalue weighted by molar-refractivity contribution is 7.10. The summed E-state index contributed by atoms with van der Waals surface area (Å²) in [5, 5.41) is 11.7. The molecule has 1 atom stereocenters. The number of nitriles is 1. The predicted octanol–water partition coefficient (Wildman–Crippen LogP) is 3.47. The summed E-state index contributed by atoms with van der Waals surface area (Å²) in [5.74, 6) is 0. The van der Waals surface area contributed by atoms with E-state index in [0.29, 0.717) is 12.5 Å². The summed E-state index contributed by atoms with van der Waals surface area (Å²) in [4.78, 5) is 4.57. The SMILES string of the molecule is Cc1cc(-c2csc(CC#N)n2)c(C)n1C[C@H]1CCCO1. The predicted molar refractivity (Wildman–Crippen MR) is 83.3 cm³/mol. The first-order chi connectivity index (χ1) is 10.2. The Morgan fingerprint density at radius 1 is 1.52 bits per heavy atom. The maximum atomic E-state index is 8.76. The summed E-state index contributed by atoms with van der Waals surface area (Å²) in [7, 11) is 0. The van der Waals surface area contributed by atoms with Gasteiger partial charge in [0.15, 0.2) is 0 Å². The van der Waals surface area contributed by atoms with Crippen molar-refractivity contribution in [2.75, 3.05) is 6.61 Å². The van der Waals surface area contributed by atoms with E-state index in [9.17, 15) is 0 Å². The van der Waals surface area contributed by atoms with E-state index in [1.54, 1.807) is 11.3 Å². The lowest BCUT2D eigenvalue weighted by molar-refractivity contribution is 0.0962. The minimum Gasteiger partial charge on any atom is -0.376 e. The number of aromatic nitrogens is 2. The average molecular weight is 301 g/mol. The summed E-state index contributed by atoms with van der Waals surface area (Å²) in [6, 6.07) is 4.34. The second kappa shape index (κ2) is 6.00. The first kappa shape index (κ1) is 14.3. The van der Waals surface area contributed by atoms with Gasteiger partial charge in [-0.1, -0.05) is 0 Å². The van der Waals surface area contributed by atoms with Gasteiger partial charge in [-0.3, -0.25) is 0 Å². The minimum absolute atomic E-state index is 0.340. The summed E-state index contributed by atoms with van der Waals surface area (Å²) >= 11 is 1.56. The molecule has 21 heavy (non-hydrogen) atoms. The van der Waals surface area contributed by atoms with Gasteiger partial charge in [-0.05, 0) is 32.8 Å². The molecule has 0 radical (unpaired) electrons. The lowest BCUT2D eigenvalue weighted by Gasteiger charge is -2.14. The largest absolute Gasteiger partial charge is 0.376 e. The van der Waals surface area contributed by atoms with Crippen LogP contribution in [0.15, 0.2) is 11.4 Å². The number of thiazole rings is 1. The molecule has 1 fully saturated rings. The number of rotatable bonds is 4. The van der Waals surface area contributed by atoms with Gasteiger partial charge in [-0.2, -0.15) is 5.26 Å². The van der Waals surface area contributed by atoms with Crippen LogP contribution in [0, 0.1) is 25.2 Å². The highest BCUT2D eigenvalue weighted by Crippen LogP contribution is 2.29. The van der Waals surface area contributed by atoms with Gasteiger partial charge in [0, 0.05) is 35.5 Å². The van der Waals surface area contributed by atoms with E-state index < -0.39 is 0 Å². The number of aryl methyl sites for hydroxylation is 1. The second-order valence-corrected chi connectivity index (χ2v) is 6.43. The van der Waals surface area contributed by atoms with Crippen molar-refractivity contribution in [2.24, 2.45) is 0 Å². The van der Waals surface area contributed by atoms with Crippen LogP contribution in [0.5, 0.6) is 0 Å². The summed E-state index contributed by atoms with van der Waals surface area (Å²) in [5.41, 5.74) is 4.63. The zero-order chi connectivity index (χ0) is 14.8. The first-order valence-electron chi connectivity index (χ1n) is 7.29. The third kappa shape index (κ3) is 2.87. The monoisotopic (exact) mass is 301 g/mol. The molecule has 0 unspecified atom stereocenters. The third-order valence-electron chi connectivity index (χ3n) is 4.04. The molecule has 110 valence electrons. The maximum absolute atomic E-state index is 8.76. The quantitative estimate of drug-likeness (QED) is 0.869. The summed E-state index contributed by atoms with van der Waals surface area (Å²) < 4.78 is 8.08. The molecular formula is C16H19N3OS. The van der Waals surface area contributed by atoms with Crippen molar-refractivity contribution in [3.63, 3.8) is 0 Å². The molecule has 1 aliphatic heterocycles. The van der Waals surface area contributed by atoms with Gasteiger partial charge in [0.25, 0.3) is 0 Å². The second-order valence-electron chi connectivity index (χ2n) is 5.49. The van der Waals surface area contributed by atoms with Crippen molar-refractivity contribution in [3.8, 4) is 17.3 Å². The number of ether oxygens (including phenoxy) is 1. The van der Waals surface area contributed by atoms with Crippen LogP contribution >= 0.6 is 11.3 Å². The highest BCUT2D eigenvalue weighted by atomic mass is 32.1. The van der Waals surface area contributed by atoms with Gasteiger partial charge in [0.05, 0.1) is 24.3 Å². The van der Waals surface area contributed by atoms with E-state index in [0.717, 1.165) is 30.3 Å². The van der Waals surface area contributed by atoms with Crippen LogP contribution < -0.4 is 0 Å². The molecule has 3 rings (SSSR count). The van der Waals surface area contributed by atoms with Crippen molar-refractivity contribution in [1.82, 2.24) is 9.55 Å². The van der Waals surface area contributed by atoms with Crippen LogP contribution in [0.3, 0.4) is 0 Å². The Balaban J connectivity index is 1.87. The smallest absolute Gasteiger partial charge is 0.107 e. The van der Waals surface area contributed by atoms with E-state index in [2.05, 4.69) is 35.5 Å². The number of nitrogens with zero attached hydrogens (tertiary/aromatic N) is 3. The first-order valence-corrected chi connectivity index (χ1v) is 8.17. The topological polar surface area (TPSA) is 50.8 Å². The standard InChI is InChI=1S/C16H19N3OS/c1-11-8-14(15-10-21-16(18-15)5-6-17)12(2)19(11)9-13-4-3-7-20-13/h8,10,13H,3-5,7,9H2,1-2H3/t13-/m1/s1. The van der Waals surface area contributed by atoms with E-state index in [1.165, 1.54) is 23.4 Å². The van der Waals surface area contributed by atoms with Crippen molar-refractivity contribution in [3.05, 3.63) is 27.8 Å². The summed E-state index contributed by atoms with van der Waals surface area (Å²) in [6.45, 7) is 6.09. The third-order valence-corrected chi connectivity index (χ3v) is 4.89. The fourth-order valence-corrected chi connectivity index (χ4v) is 3.64. The van der Waals surface area contributed by atoms with Gasteiger partial charge in [-0.15, -0.1) is 11.3 Å². The average Bonchev–Trinajstić information content (AvgIpc) is 3.17.